The highest BCUT2D eigenvalue weighted by Crippen LogP contribution is 2.49. The smallest absolute Gasteiger partial charge is 0.125 e. The van der Waals surface area contributed by atoms with Crippen LogP contribution in [-0.4, -0.2) is 13.6 Å². The summed E-state index contributed by atoms with van der Waals surface area (Å²) < 4.78 is 13.0. The number of nitrogens with zero attached hydrogens (tertiary/aromatic N) is 2. The van der Waals surface area contributed by atoms with Crippen molar-refractivity contribution in [2.24, 2.45) is 5.41 Å². The summed E-state index contributed by atoms with van der Waals surface area (Å²) in [4.78, 5) is 2.04. The molecule has 0 amide bonds. The Morgan fingerprint density at radius 3 is 2.81 bits per heavy atom. The molecule has 3 heteroatoms. The van der Waals surface area contributed by atoms with E-state index in [1.165, 1.54) is 12.1 Å². The molecule has 84 valence electrons. The van der Waals surface area contributed by atoms with Crippen LogP contribution in [0.4, 0.5) is 10.1 Å². The minimum absolute atomic E-state index is 0.163. The topological polar surface area (TPSA) is 27.0 Å². The third-order valence-corrected chi connectivity index (χ3v) is 3.23. The van der Waals surface area contributed by atoms with Crippen molar-refractivity contribution >= 4 is 5.69 Å². The zero-order valence-electron chi connectivity index (χ0n) is 9.41. The van der Waals surface area contributed by atoms with Crippen LogP contribution in [0.3, 0.4) is 0 Å². The highest BCUT2D eigenvalue weighted by atomic mass is 19.1. The van der Waals surface area contributed by atoms with Crippen molar-refractivity contribution in [1.82, 2.24) is 0 Å². The minimum Gasteiger partial charge on any atom is -0.374 e. The van der Waals surface area contributed by atoms with Gasteiger partial charge < -0.3 is 4.90 Å². The molecule has 1 saturated carbocycles. The van der Waals surface area contributed by atoms with Crippen molar-refractivity contribution < 1.29 is 4.39 Å². The molecule has 0 saturated heterocycles. The van der Waals surface area contributed by atoms with Gasteiger partial charge in [-0.25, -0.2) is 4.39 Å². The molecule has 0 N–H and O–H groups in total. The maximum Gasteiger partial charge on any atom is 0.125 e. The predicted molar refractivity (Wildman–Crippen MR) is 61.6 cm³/mol. The Morgan fingerprint density at radius 2 is 2.25 bits per heavy atom. The number of halogens is 1. The SMILES string of the molecule is CN(CC1(CC#N)CC1)c1cccc(F)c1. The van der Waals surface area contributed by atoms with Crippen LogP contribution < -0.4 is 4.90 Å². The largest absolute Gasteiger partial charge is 0.374 e. The second-order valence-electron chi connectivity index (χ2n) is 4.67. The average Bonchev–Trinajstić information content (AvgIpc) is 2.98. The molecule has 1 aliphatic rings. The van der Waals surface area contributed by atoms with Crippen LogP contribution in [0.15, 0.2) is 24.3 Å². The molecule has 0 radical (unpaired) electrons. The Labute approximate surface area is 95.3 Å². The molecule has 16 heavy (non-hydrogen) atoms. The third-order valence-electron chi connectivity index (χ3n) is 3.23. The molecule has 2 rings (SSSR count). The van der Waals surface area contributed by atoms with E-state index in [9.17, 15) is 4.39 Å². The second-order valence-corrected chi connectivity index (χ2v) is 4.67. The highest BCUT2D eigenvalue weighted by Gasteiger charge is 2.43. The fraction of sp³-hybridized carbons (Fsp3) is 0.462. The zero-order chi connectivity index (χ0) is 11.6. The van der Waals surface area contributed by atoms with Gasteiger partial charge >= 0.3 is 0 Å². The van der Waals surface area contributed by atoms with Crippen LogP contribution in [0.1, 0.15) is 19.3 Å². The maximum absolute atomic E-state index is 13.0. The van der Waals surface area contributed by atoms with Gasteiger partial charge in [-0.3, -0.25) is 0 Å². The fourth-order valence-electron chi connectivity index (χ4n) is 2.04. The Bertz CT molecular complexity index is 418. The van der Waals surface area contributed by atoms with E-state index in [1.54, 1.807) is 6.07 Å². The first-order valence-corrected chi connectivity index (χ1v) is 5.49. The van der Waals surface area contributed by atoms with E-state index in [4.69, 9.17) is 5.26 Å². The Kier molecular flexibility index (Phi) is 2.82. The number of benzene rings is 1. The number of hydrogen-bond donors (Lipinski definition) is 0. The quantitative estimate of drug-likeness (QED) is 0.776. The molecule has 1 fully saturated rings. The van der Waals surface area contributed by atoms with Crippen LogP contribution in [0, 0.1) is 22.6 Å². The Balaban J connectivity index is 2.04. The molecular formula is C13H15FN2. The van der Waals surface area contributed by atoms with Crippen LogP contribution in [0.5, 0.6) is 0 Å². The number of nitriles is 1. The highest BCUT2D eigenvalue weighted by molar-refractivity contribution is 5.46. The van der Waals surface area contributed by atoms with Gasteiger partial charge in [-0.05, 0) is 31.0 Å². The lowest BCUT2D eigenvalue weighted by Crippen LogP contribution is -2.26. The van der Waals surface area contributed by atoms with Gasteiger partial charge in [0.1, 0.15) is 5.82 Å². The lowest BCUT2D eigenvalue weighted by Gasteiger charge is -2.24. The first-order valence-electron chi connectivity index (χ1n) is 5.49. The lowest BCUT2D eigenvalue weighted by molar-refractivity contribution is 0.523. The van der Waals surface area contributed by atoms with E-state index in [-0.39, 0.29) is 11.2 Å². The van der Waals surface area contributed by atoms with Gasteiger partial charge in [-0.15, -0.1) is 0 Å². The molecule has 0 atom stereocenters. The third kappa shape index (κ3) is 2.33. The summed E-state index contributed by atoms with van der Waals surface area (Å²) in [6, 6.07) is 8.82. The van der Waals surface area contributed by atoms with Crippen molar-refractivity contribution in [2.45, 2.75) is 19.3 Å². The van der Waals surface area contributed by atoms with E-state index in [0.717, 1.165) is 25.1 Å². The number of hydrogen-bond acceptors (Lipinski definition) is 2. The second kappa shape index (κ2) is 4.13. The van der Waals surface area contributed by atoms with Gasteiger partial charge in [0.05, 0.1) is 6.07 Å². The van der Waals surface area contributed by atoms with Gasteiger partial charge in [0, 0.05) is 31.1 Å². The minimum atomic E-state index is -0.213. The zero-order valence-corrected chi connectivity index (χ0v) is 9.41. The Hall–Kier alpha value is -1.56. The normalized spacial score (nSPS) is 16.6. The molecule has 1 aromatic rings. The molecule has 0 aromatic heterocycles. The van der Waals surface area contributed by atoms with Crippen LogP contribution in [0.2, 0.25) is 0 Å². The van der Waals surface area contributed by atoms with Gasteiger partial charge in [0.25, 0.3) is 0 Å². The van der Waals surface area contributed by atoms with Crippen molar-refractivity contribution in [2.75, 3.05) is 18.5 Å². The fourth-order valence-corrected chi connectivity index (χ4v) is 2.04. The summed E-state index contributed by atoms with van der Waals surface area (Å²) in [6.45, 7) is 0.837. The molecule has 2 nitrogen and oxygen atoms in total. The summed E-state index contributed by atoms with van der Waals surface area (Å²) in [5.41, 5.74) is 1.04. The lowest BCUT2D eigenvalue weighted by atomic mass is 10.0. The molecule has 1 aliphatic carbocycles. The summed E-state index contributed by atoms with van der Waals surface area (Å²) in [5, 5.41) is 8.74. The van der Waals surface area contributed by atoms with Crippen LogP contribution in [0.25, 0.3) is 0 Å². The molecule has 1 aromatic carbocycles. The predicted octanol–water partition coefficient (Wildman–Crippen LogP) is 2.96. The monoisotopic (exact) mass is 218 g/mol. The van der Waals surface area contributed by atoms with Gasteiger partial charge in [-0.1, -0.05) is 6.07 Å². The van der Waals surface area contributed by atoms with Gasteiger partial charge in [0.15, 0.2) is 0 Å². The van der Waals surface area contributed by atoms with E-state index >= 15 is 0 Å². The average molecular weight is 218 g/mol. The van der Waals surface area contributed by atoms with Crippen molar-refractivity contribution in [3.05, 3.63) is 30.1 Å². The molecule has 0 spiro atoms. The summed E-state index contributed by atoms with van der Waals surface area (Å²) in [6.07, 6.45) is 2.83. The Morgan fingerprint density at radius 1 is 1.50 bits per heavy atom. The standard InChI is InChI=1S/C13H15FN2/c1-16(10-13(5-6-13)7-8-15)12-4-2-3-11(14)9-12/h2-4,9H,5-7,10H2,1H3. The van der Waals surface area contributed by atoms with Gasteiger partial charge in [-0.2, -0.15) is 5.26 Å². The van der Waals surface area contributed by atoms with E-state index in [2.05, 4.69) is 6.07 Å². The molecular weight excluding hydrogens is 203 g/mol. The molecule has 0 unspecified atom stereocenters. The van der Waals surface area contributed by atoms with E-state index in [0.29, 0.717) is 6.42 Å². The number of anilines is 1. The summed E-state index contributed by atoms with van der Waals surface area (Å²) in [7, 11) is 1.95. The van der Waals surface area contributed by atoms with Crippen molar-refractivity contribution in [3.63, 3.8) is 0 Å². The van der Waals surface area contributed by atoms with Crippen molar-refractivity contribution in [3.8, 4) is 6.07 Å². The van der Waals surface area contributed by atoms with Crippen molar-refractivity contribution in [1.29, 1.82) is 5.26 Å². The van der Waals surface area contributed by atoms with Crippen LogP contribution in [-0.2, 0) is 0 Å². The van der Waals surface area contributed by atoms with Crippen LogP contribution >= 0.6 is 0 Å². The number of rotatable bonds is 4. The maximum atomic E-state index is 13.0. The first kappa shape index (κ1) is 10.9. The molecule has 0 bridgehead atoms. The summed E-state index contributed by atoms with van der Waals surface area (Å²) in [5.74, 6) is -0.213. The summed E-state index contributed by atoms with van der Waals surface area (Å²) >= 11 is 0. The molecule has 0 aliphatic heterocycles. The van der Waals surface area contributed by atoms with E-state index < -0.39 is 0 Å². The molecule has 0 heterocycles. The van der Waals surface area contributed by atoms with E-state index in [1.807, 2.05) is 18.0 Å². The van der Waals surface area contributed by atoms with Gasteiger partial charge in [0.2, 0.25) is 0 Å². The first-order chi connectivity index (χ1) is 7.65.